The molecular weight excluding hydrogens is 360 g/mol. The van der Waals surface area contributed by atoms with Gasteiger partial charge in [0.1, 0.15) is 0 Å². The third-order valence-electron chi connectivity index (χ3n) is 3.75. The molecule has 0 aromatic heterocycles. The molecule has 0 aliphatic carbocycles. The summed E-state index contributed by atoms with van der Waals surface area (Å²) in [6, 6.07) is 12.2. The zero-order chi connectivity index (χ0) is 18.7. The molecule has 0 radical (unpaired) electrons. The minimum absolute atomic E-state index is 0.00695. The third kappa shape index (κ3) is 4.39. The van der Waals surface area contributed by atoms with E-state index in [1.54, 1.807) is 32.0 Å². The van der Waals surface area contributed by atoms with Crippen molar-refractivity contribution in [3.05, 3.63) is 54.1 Å². The average Bonchev–Trinajstić information content (AvgIpc) is 2.55. The van der Waals surface area contributed by atoms with E-state index in [-0.39, 0.29) is 9.79 Å². The zero-order valence-corrected chi connectivity index (χ0v) is 16.1. The van der Waals surface area contributed by atoms with Crippen LogP contribution in [0.4, 0.5) is 5.69 Å². The minimum atomic E-state index is -3.78. The van der Waals surface area contributed by atoms with Gasteiger partial charge in [-0.25, -0.2) is 16.8 Å². The predicted octanol–water partition coefficient (Wildman–Crippen LogP) is 2.83. The van der Waals surface area contributed by atoms with Gasteiger partial charge in [0.05, 0.1) is 9.79 Å². The van der Waals surface area contributed by atoms with E-state index in [1.165, 1.54) is 28.6 Å². The van der Waals surface area contributed by atoms with E-state index in [2.05, 4.69) is 4.72 Å². The molecule has 0 amide bonds. The molecule has 2 aromatic rings. The van der Waals surface area contributed by atoms with Crippen LogP contribution < -0.4 is 4.72 Å². The molecule has 0 atom stereocenters. The summed E-state index contributed by atoms with van der Waals surface area (Å²) < 4.78 is 53.6. The highest BCUT2D eigenvalue weighted by Gasteiger charge is 2.22. The van der Waals surface area contributed by atoms with Gasteiger partial charge in [-0.15, -0.1) is 0 Å². The topological polar surface area (TPSA) is 83.6 Å². The Morgan fingerprint density at radius 1 is 0.880 bits per heavy atom. The average molecular weight is 383 g/mol. The molecule has 0 fully saturated rings. The number of rotatable bonds is 7. The lowest BCUT2D eigenvalue weighted by Crippen LogP contribution is -2.30. The molecule has 0 aliphatic rings. The zero-order valence-electron chi connectivity index (χ0n) is 14.4. The number of hydrogen-bond donors (Lipinski definition) is 1. The second kappa shape index (κ2) is 7.55. The summed E-state index contributed by atoms with van der Waals surface area (Å²) in [6.45, 7) is 6.09. The SMILES string of the molecule is CCN(CC)S(=O)(=O)c1ccc(S(=O)(=O)Nc2cccc(C)c2)cc1. The second-order valence-electron chi connectivity index (χ2n) is 5.54. The molecule has 8 heteroatoms. The molecule has 0 saturated carbocycles. The Labute approximate surface area is 149 Å². The van der Waals surface area contributed by atoms with Gasteiger partial charge in [-0.1, -0.05) is 26.0 Å². The lowest BCUT2D eigenvalue weighted by Gasteiger charge is -2.18. The van der Waals surface area contributed by atoms with Crippen LogP contribution >= 0.6 is 0 Å². The number of aryl methyl sites for hydroxylation is 1. The molecule has 0 heterocycles. The first-order chi connectivity index (χ1) is 11.7. The normalized spacial score (nSPS) is 12.3. The number of sulfonamides is 2. The quantitative estimate of drug-likeness (QED) is 0.798. The number of nitrogens with zero attached hydrogens (tertiary/aromatic N) is 1. The van der Waals surface area contributed by atoms with Crippen LogP contribution in [-0.4, -0.2) is 34.2 Å². The summed E-state index contributed by atoms with van der Waals surface area (Å²) in [5.41, 5.74) is 1.39. The Morgan fingerprint density at radius 3 is 1.96 bits per heavy atom. The summed E-state index contributed by atoms with van der Waals surface area (Å²) in [6.07, 6.45) is 0. The molecule has 2 aromatic carbocycles. The van der Waals surface area contributed by atoms with Crippen LogP contribution in [0.15, 0.2) is 58.3 Å². The van der Waals surface area contributed by atoms with Crippen molar-refractivity contribution in [2.75, 3.05) is 17.8 Å². The summed E-state index contributed by atoms with van der Waals surface area (Å²) in [5, 5.41) is 0. The Balaban J connectivity index is 2.30. The van der Waals surface area contributed by atoms with Gasteiger partial charge in [-0.05, 0) is 48.9 Å². The Kier molecular flexibility index (Phi) is 5.87. The molecule has 0 saturated heterocycles. The Hall–Kier alpha value is -1.90. The van der Waals surface area contributed by atoms with E-state index < -0.39 is 20.0 Å². The standard InChI is InChI=1S/C17H22N2O4S2/c1-4-19(5-2)25(22,23)17-11-9-16(10-12-17)24(20,21)18-15-8-6-7-14(3)13-15/h6-13,18H,4-5H2,1-3H3. The van der Waals surface area contributed by atoms with Gasteiger partial charge >= 0.3 is 0 Å². The maximum Gasteiger partial charge on any atom is 0.261 e. The number of anilines is 1. The highest BCUT2D eigenvalue weighted by atomic mass is 32.2. The van der Waals surface area contributed by atoms with Crippen LogP contribution in [0.25, 0.3) is 0 Å². The van der Waals surface area contributed by atoms with Crippen molar-refractivity contribution >= 4 is 25.7 Å². The Morgan fingerprint density at radius 2 is 1.44 bits per heavy atom. The predicted molar refractivity (Wildman–Crippen MR) is 98.5 cm³/mol. The maximum absolute atomic E-state index is 12.4. The van der Waals surface area contributed by atoms with Crippen LogP contribution in [0.1, 0.15) is 19.4 Å². The number of hydrogen-bond acceptors (Lipinski definition) is 4. The van der Waals surface area contributed by atoms with Crippen molar-refractivity contribution in [1.29, 1.82) is 0 Å². The van der Waals surface area contributed by atoms with E-state index >= 15 is 0 Å². The molecule has 0 aliphatic heterocycles. The van der Waals surface area contributed by atoms with Crippen LogP contribution in [0.3, 0.4) is 0 Å². The lowest BCUT2D eigenvalue weighted by atomic mass is 10.2. The van der Waals surface area contributed by atoms with Gasteiger partial charge < -0.3 is 0 Å². The van der Waals surface area contributed by atoms with Crippen molar-refractivity contribution in [1.82, 2.24) is 4.31 Å². The molecule has 0 spiro atoms. The Bertz CT molecular complexity index is 933. The molecule has 6 nitrogen and oxygen atoms in total. The minimum Gasteiger partial charge on any atom is -0.280 e. The van der Waals surface area contributed by atoms with Gasteiger partial charge in [-0.2, -0.15) is 4.31 Å². The molecule has 1 N–H and O–H groups in total. The summed E-state index contributed by atoms with van der Waals surface area (Å²) in [4.78, 5) is 0.0817. The smallest absolute Gasteiger partial charge is 0.261 e. The fourth-order valence-electron chi connectivity index (χ4n) is 2.43. The molecule has 2 rings (SSSR count). The van der Waals surface area contributed by atoms with Crippen LogP contribution in [-0.2, 0) is 20.0 Å². The maximum atomic E-state index is 12.4. The molecule has 0 unspecified atom stereocenters. The number of benzene rings is 2. The van der Waals surface area contributed by atoms with E-state index in [4.69, 9.17) is 0 Å². The largest absolute Gasteiger partial charge is 0.280 e. The van der Waals surface area contributed by atoms with Crippen LogP contribution in [0.5, 0.6) is 0 Å². The first-order valence-corrected chi connectivity index (χ1v) is 10.8. The second-order valence-corrected chi connectivity index (χ2v) is 9.16. The van der Waals surface area contributed by atoms with Gasteiger partial charge in [0.2, 0.25) is 10.0 Å². The third-order valence-corrected chi connectivity index (χ3v) is 7.21. The van der Waals surface area contributed by atoms with E-state index in [0.717, 1.165) is 5.56 Å². The van der Waals surface area contributed by atoms with Gasteiger partial charge in [-0.3, -0.25) is 4.72 Å². The van der Waals surface area contributed by atoms with Gasteiger partial charge in [0.25, 0.3) is 10.0 Å². The molecule has 136 valence electrons. The van der Waals surface area contributed by atoms with Gasteiger partial charge in [0.15, 0.2) is 0 Å². The van der Waals surface area contributed by atoms with E-state index in [9.17, 15) is 16.8 Å². The molecule has 25 heavy (non-hydrogen) atoms. The van der Waals surface area contributed by atoms with Crippen molar-refractivity contribution < 1.29 is 16.8 Å². The first-order valence-electron chi connectivity index (χ1n) is 7.90. The highest BCUT2D eigenvalue weighted by Crippen LogP contribution is 2.21. The number of nitrogens with one attached hydrogen (secondary N) is 1. The van der Waals surface area contributed by atoms with Crippen molar-refractivity contribution in [3.63, 3.8) is 0 Å². The monoisotopic (exact) mass is 382 g/mol. The van der Waals surface area contributed by atoms with E-state index in [1.807, 2.05) is 13.0 Å². The first kappa shape index (κ1) is 19.4. The van der Waals surface area contributed by atoms with Crippen LogP contribution in [0.2, 0.25) is 0 Å². The summed E-state index contributed by atoms with van der Waals surface area (Å²) >= 11 is 0. The highest BCUT2D eigenvalue weighted by molar-refractivity contribution is 7.92. The fraction of sp³-hybridized carbons (Fsp3) is 0.294. The molecular formula is C17H22N2O4S2. The van der Waals surface area contributed by atoms with Gasteiger partial charge in [0, 0.05) is 18.8 Å². The van der Waals surface area contributed by atoms with Crippen molar-refractivity contribution in [2.24, 2.45) is 0 Å². The summed E-state index contributed by atoms with van der Waals surface area (Å²) in [7, 11) is -7.39. The fourth-order valence-corrected chi connectivity index (χ4v) is 4.93. The molecule has 0 bridgehead atoms. The lowest BCUT2D eigenvalue weighted by molar-refractivity contribution is 0.445. The summed E-state index contributed by atoms with van der Waals surface area (Å²) in [5.74, 6) is 0. The van der Waals surface area contributed by atoms with Crippen molar-refractivity contribution in [2.45, 2.75) is 30.6 Å². The van der Waals surface area contributed by atoms with Crippen LogP contribution in [0, 0.1) is 6.92 Å². The van der Waals surface area contributed by atoms with E-state index in [0.29, 0.717) is 18.8 Å². The van der Waals surface area contributed by atoms with Crippen molar-refractivity contribution in [3.8, 4) is 0 Å².